The number of fused-ring (bicyclic) bond motifs is 1. The molecule has 1 fully saturated rings. The molecule has 214 valence electrons. The number of nitrogens with zero attached hydrogens (tertiary/aromatic N) is 6. The van der Waals surface area contributed by atoms with E-state index in [9.17, 15) is 9.59 Å². The fourth-order valence-electron chi connectivity index (χ4n) is 4.95. The molecule has 1 aliphatic heterocycles. The summed E-state index contributed by atoms with van der Waals surface area (Å²) in [5.41, 5.74) is 1.15. The highest BCUT2D eigenvalue weighted by molar-refractivity contribution is 5.88. The standard InChI is InChI=1S/C31H36N6O4/c1-31(2,3)41-30(39)35-19-9-10-23(20-35)36-26-17-18-32-28(33-21-34(4)5)27(26)37(29(36)38)22-13-15-25(16-14-22)40-24-11-7-6-8-12-24/h6-8,11-18,21,23H,9-10,19-20H2,1-5H3/b33-21+/t23-/m1/s1. The van der Waals surface area contributed by atoms with Crippen molar-refractivity contribution in [1.29, 1.82) is 0 Å². The van der Waals surface area contributed by atoms with Crippen molar-refractivity contribution in [3.05, 3.63) is 77.3 Å². The Bertz CT molecular complexity index is 1600. The molecule has 2 aromatic carbocycles. The first-order chi connectivity index (χ1) is 19.6. The van der Waals surface area contributed by atoms with Gasteiger partial charge in [-0.15, -0.1) is 0 Å². The van der Waals surface area contributed by atoms with Crippen LogP contribution < -0.4 is 10.4 Å². The zero-order chi connectivity index (χ0) is 29.1. The first-order valence-electron chi connectivity index (χ1n) is 13.7. The zero-order valence-corrected chi connectivity index (χ0v) is 24.2. The van der Waals surface area contributed by atoms with Gasteiger partial charge in [0.1, 0.15) is 22.6 Å². The second kappa shape index (κ2) is 11.5. The first-order valence-corrected chi connectivity index (χ1v) is 13.7. The fourth-order valence-corrected chi connectivity index (χ4v) is 4.95. The summed E-state index contributed by atoms with van der Waals surface area (Å²) in [5.74, 6) is 1.81. The number of piperidine rings is 1. The summed E-state index contributed by atoms with van der Waals surface area (Å²) in [5, 5.41) is 0. The molecule has 0 radical (unpaired) electrons. The highest BCUT2D eigenvalue weighted by Gasteiger charge is 2.31. The van der Waals surface area contributed by atoms with Gasteiger partial charge in [-0.2, -0.15) is 0 Å². The minimum Gasteiger partial charge on any atom is -0.457 e. The van der Waals surface area contributed by atoms with Crippen LogP contribution in [0, 0.1) is 0 Å². The Labute approximate surface area is 239 Å². The largest absolute Gasteiger partial charge is 0.457 e. The Kier molecular flexibility index (Phi) is 7.83. The lowest BCUT2D eigenvalue weighted by Gasteiger charge is -2.34. The fraction of sp³-hybridized carbons (Fsp3) is 0.355. The summed E-state index contributed by atoms with van der Waals surface area (Å²) >= 11 is 0. The van der Waals surface area contributed by atoms with Crippen LogP contribution in [-0.2, 0) is 4.74 Å². The number of aliphatic imine (C=N–C) groups is 1. The molecule has 41 heavy (non-hydrogen) atoms. The Hall–Kier alpha value is -4.60. The maximum absolute atomic E-state index is 14.2. The molecule has 4 aromatic rings. The van der Waals surface area contributed by atoms with E-state index in [2.05, 4.69) is 9.98 Å². The molecule has 5 rings (SSSR count). The number of hydrogen-bond donors (Lipinski definition) is 0. The first kappa shape index (κ1) is 27.9. The predicted octanol–water partition coefficient (Wildman–Crippen LogP) is 5.77. The lowest BCUT2D eigenvalue weighted by Crippen LogP contribution is -2.45. The summed E-state index contributed by atoms with van der Waals surface area (Å²) in [6, 6.07) is 18.5. The van der Waals surface area contributed by atoms with Crippen LogP contribution in [0.15, 0.2) is 76.6 Å². The zero-order valence-electron chi connectivity index (χ0n) is 24.2. The number of likely N-dealkylation sites (tertiary alicyclic amines) is 1. The number of ether oxygens (including phenoxy) is 2. The second-order valence-electron chi connectivity index (χ2n) is 11.3. The number of para-hydroxylation sites is 1. The van der Waals surface area contributed by atoms with E-state index < -0.39 is 5.60 Å². The Morgan fingerprint density at radius 1 is 1.05 bits per heavy atom. The molecular weight excluding hydrogens is 520 g/mol. The molecule has 0 bridgehead atoms. The molecule has 1 amide bonds. The summed E-state index contributed by atoms with van der Waals surface area (Å²) in [7, 11) is 3.75. The van der Waals surface area contributed by atoms with E-state index >= 15 is 0 Å². The van der Waals surface area contributed by atoms with E-state index in [1.54, 1.807) is 26.6 Å². The SMILES string of the molecule is CN(C)/C=N/c1nccc2c1n(-c1ccc(Oc3ccccc3)cc1)c(=O)n2[C@@H]1CCCN(C(=O)OC(C)(C)C)C1. The molecule has 1 atom stereocenters. The lowest BCUT2D eigenvalue weighted by molar-refractivity contribution is 0.0173. The molecule has 0 saturated carbocycles. The van der Waals surface area contributed by atoms with Crippen molar-refractivity contribution >= 4 is 29.3 Å². The average Bonchev–Trinajstić information content (AvgIpc) is 3.24. The van der Waals surface area contributed by atoms with E-state index in [1.807, 2.05) is 100 Å². The van der Waals surface area contributed by atoms with Gasteiger partial charge in [0.2, 0.25) is 0 Å². The molecule has 0 unspecified atom stereocenters. The molecule has 0 spiro atoms. The number of hydrogen-bond acceptors (Lipinski definition) is 6. The predicted molar refractivity (Wildman–Crippen MR) is 160 cm³/mol. The van der Waals surface area contributed by atoms with Crippen molar-refractivity contribution in [2.24, 2.45) is 4.99 Å². The Balaban J connectivity index is 1.58. The molecule has 10 nitrogen and oxygen atoms in total. The number of carbonyl (C=O) groups is 1. The van der Waals surface area contributed by atoms with Crippen LogP contribution in [0.25, 0.3) is 16.7 Å². The van der Waals surface area contributed by atoms with Crippen molar-refractivity contribution in [1.82, 2.24) is 23.9 Å². The van der Waals surface area contributed by atoms with E-state index in [4.69, 9.17) is 9.47 Å². The van der Waals surface area contributed by atoms with Gasteiger partial charge in [0.25, 0.3) is 0 Å². The van der Waals surface area contributed by atoms with Crippen molar-refractivity contribution in [3.8, 4) is 17.2 Å². The van der Waals surface area contributed by atoms with Gasteiger partial charge in [-0.1, -0.05) is 18.2 Å². The van der Waals surface area contributed by atoms with Gasteiger partial charge in [-0.05, 0) is 76.1 Å². The topological polar surface area (TPSA) is 94.2 Å². The van der Waals surface area contributed by atoms with Crippen LogP contribution in [0.1, 0.15) is 39.7 Å². The monoisotopic (exact) mass is 556 g/mol. The minimum atomic E-state index is -0.599. The summed E-state index contributed by atoms with van der Waals surface area (Å²) in [6.45, 7) is 6.51. The smallest absolute Gasteiger partial charge is 0.410 e. The summed E-state index contributed by atoms with van der Waals surface area (Å²) < 4.78 is 15.0. The quantitative estimate of drug-likeness (QED) is 0.221. The van der Waals surface area contributed by atoms with Gasteiger partial charge in [0.05, 0.1) is 23.6 Å². The van der Waals surface area contributed by atoms with Crippen LogP contribution in [0.2, 0.25) is 0 Å². The van der Waals surface area contributed by atoms with Gasteiger partial charge < -0.3 is 19.3 Å². The number of benzene rings is 2. The van der Waals surface area contributed by atoms with Gasteiger partial charge in [0, 0.05) is 33.4 Å². The van der Waals surface area contributed by atoms with Crippen molar-refractivity contribution in [2.45, 2.75) is 45.3 Å². The van der Waals surface area contributed by atoms with Gasteiger partial charge in [0.15, 0.2) is 5.82 Å². The van der Waals surface area contributed by atoms with Crippen LogP contribution >= 0.6 is 0 Å². The maximum Gasteiger partial charge on any atom is 0.410 e. The van der Waals surface area contributed by atoms with E-state index in [-0.39, 0.29) is 17.8 Å². The molecule has 10 heteroatoms. The Morgan fingerprint density at radius 2 is 1.76 bits per heavy atom. The number of aromatic nitrogens is 3. The highest BCUT2D eigenvalue weighted by atomic mass is 16.6. The number of carbonyl (C=O) groups excluding carboxylic acids is 1. The average molecular weight is 557 g/mol. The number of pyridine rings is 1. The molecule has 0 N–H and O–H groups in total. The Morgan fingerprint density at radius 3 is 2.44 bits per heavy atom. The number of rotatable bonds is 6. The minimum absolute atomic E-state index is 0.220. The van der Waals surface area contributed by atoms with Crippen LogP contribution in [0.5, 0.6) is 11.5 Å². The highest BCUT2D eigenvalue weighted by Crippen LogP contribution is 2.31. The lowest BCUT2D eigenvalue weighted by atomic mass is 10.1. The van der Waals surface area contributed by atoms with Crippen molar-refractivity contribution in [3.63, 3.8) is 0 Å². The van der Waals surface area contributed by atoms with Crippen molar-refractivity contribution < 1.29 is 14.3 Å². The molecule has 2 aromatic heterocycles. The van der Waals surface area contributed by atoms with Crippen LogP contribution in [0.3, 0.4) is 0 Å². The second-order valence-corrected chi connectivity index (χ2v) is 11.3. The number of amides is 1. The molecular formula is C31H36N6O4. The van der Waals surface area contributed by atoms with Crippen LogP contribution in [-0.4, -0.2) is 69.1 Å². The van der Waals surface area contributed by atoms with Crippen molar-refractivity contribution in [2.75, 3.05) is 27.2 Å². The summed E-state index contributed by atoms with van der Waals surface area (Å²) in [6.07, 6.45) is 4.46. The normalized spacial score (nSPS) is 15.8. The molecule has 1 saturated heterocycles. The van der Waals surface area contributed by atoms with E-state index in [0.29, 0.717) is 41.4 Å². The number of imidazole rings is 1. The maximum atomic E-state index is 14.2. The van der Waals surface area contributed by atoms with E-state index in [1.165, 1.54) is 0 Å². The molecule has 1 aliphatic rings. The molecule has 3 heterocycles. The third-order valence-electron chi connectivity index (χ3n) is 6.66. The third-order valence-corrected chi connectivity index (χ3v) is 6.66. The molecule has 0 aliphatic carbocycles. The van der Waals surface area contributed by atoms with Gasteiger partial charge >= 0.3 is 11.8 Å². The third kappa shape index (κ3) is 6.26. The van der Waals surface area contributed by atoms with Crippen LogP contribution in [0.4, 0.5) is 10.6 Å². The van der Waals surface area contributed by atoms with E-state index in [0.717, 1.165) is 18.6 Å². The van der Waals surface area contributed by atoms with Gasteiger partial charge in [-0.25, -0.2) is 19.6 Å². The van der Waals surface area contributed by atoms with Gasteiger partial charge in [-0.3, -0.25) is 9.13 Å². The summed E-state index contributed by atoms with van der Waals surface area (Å²) in [4.78, 5) is 39.7.